The SMILES string of the molecule is OCc1ccc2c(n1)C=CCC=C2. The molecule has 0 radical (unpaired) electrons. The van der Waals surface area contributed by atoms with Gasteiger partial charge in [-0.25, -0.2) is 0 Å². The van der Waals surface area contributed by atoms with Crippen molar-refractivity contribution >= 4 is 12.2 Å². The molecule has 0 aromatic carbocycles. The highest BCUT2D eigenvalue weighted by atomic mass is 16.3. The maximum absolute atomic E-state index is 8.90. The van der Waals surface area contributed by atoms with Crippen LogP contribution < -0.4 is 0 Å². The van der Waals surface area contributed by atoms with Crippen LogP contribution in [-0.2, 0) is 6.61 Å². The van der Waals surface area contributed by atoms with E-state index in [1.807, 2.05) is 18.2 Å². The fraction of sp³-hybridized carbons (Fsp3) is 0.182. The lowest BCUT2D eigenvalue weighted by Gasteiger charge is -2.01. The first-order chi connectivity index (χ1) is 6.40. The fourth-order valence-electron chi connectivity index (χ4n) is 1.34. The van der Waals surface area contributed by atoms with E-state index in [-0.39, 0.29) is 6.61 Å². The summed E-state index contributed by atoms with van der Waals surface area (Å²) in [5, 5.41) is 8.90. The molecule has 0 unspecified atom stereocenters. The summed E-state index contributed by atoms with van der Waals surface area (Å²) in [6.45, 7) is 0.00480. The lowest BCUT2D eigenvalue weighted by atomic mass is 10.1. The van der Waals surface area contributed by atoms with Gasteiger partial charge in [-0.3, -0.25) is 4.98 Å². The van der Waals surface area contributed by atoms with Gasteiger partial charge in [0.2, 0.25) is 0 Å². The molecule has 2 rings (SSSR count). The first kappa shape index (κ1) is 8.20. The molecular weight excluding hydrogens is 162 g/mol. The van der Waals surface area contributed by atoms with Crippen LogP contribution in [0, 0.1) is 0 Å². The Morgan fingerprint density at radius 1 is 1.23 bits per heavy atom. The minimum absolute atomic E-state index is 0.00480. The Kier molecular flexibility index (Phi) is 2.23. The number of rotatable bonds is 1. The van der Waals surface area contributed by atoms with Crippen LogP contribution in [0.1, 0.15) is 23.4 Å². The van der Waals surface area contributed by atoms with Crippen LogP contribution in [-0.4, -0.2) is 10.1 Å². The maximum Gasteiger partial charge on any atom is 0.0853 e. The van der Waals surface area contributed by atoms with Crippen molar-refractivity contribution in [2.45, 2.75) is 13.0 Å². The molecule has 2 heteroatoms. The highest BCUT2D eigenvalue weighted by Crippen LogP contribution is 2.15. The second-order valence-electron chi connectivity index (χ2n) is 2.98. The minimum atomic E-state index is 0.00480. The van der Waals surface area contributed by atoms with Crippen molar-refractivity contribution in [2.75, 3.05) is 0 Å². The standard InChI is InChI=1S/C11H11NO/c13-8-10-7-6-9-4-2-1-3-5-11(9)12-10/h2-7,13H,1,8H2. The van der Waals surface area contributed by atoms with E-state index < -0.39 is 0 Å². The molecule has 13 heavy (non-hydrogen) atoms. The van der Waals surface area contributed by atoms with E-state index in [0.717, 1.165) is 23.4 Å². The number of hydrogen-bond acceptors (Lipinski definition) is 2. The summed E-state index contributed by atoms with van der Waals surface area (Å²) >= 11 is 0. The van der Waals surface area contributed by atoms with E-state index in [1.54, 1.807) is 0 Å². The van der Waals surface area contributed by atoms with Crippen molar-refractivity contribution in [3.8, 4) is 0 Å². The van der Waals surface area contributed by atoms with E-state index in [0.29, 0.717) is 0 Å². The molecule has 1 aromatic rings. The van der Waals surface area contributed by atoms with Crippen molar-refractivity contribution in [1.82, 2.24) is 4.98 Å². The number of aliphatic hydroxyl groups is 1. The number of hydrogen-bond donors (Lipinski definition) is 1. The van der Waals surface area contributed by atoms with Crippen LogP contribution in [0.15, 0.2) is 24.3 Å². The van der Waals surface area contributed by atoms with Gasteiger partial charge < -0.3 is 5.11 Å². The normalized spacial score (nSPS) is 13.9. The van der Waals surface area contributed by atoms with Gasteiger partial charge in [0.25, 0.3) is 0 Å². The average molecular weight is 173 g/mol. The summed E-state index contributed by atoms with van der Waals surface area (Å²) in [7, 11) is 0. The number of allylic oxidation sites excluding steroid dienone is 2. The Labute approximate surface area is 77.2 Å². The van der Waals surface area contributed by atoms with Crippen molar-refractivity contribution < 1.29 is 5.11 Å². The van der Waals surface area contributed by atoms with Gasteiger partial charge in [-0.05, 0) is 24.1 Å². The molecule has 0 spiro atoms. The zero-order valence-electron chi connectivity index (χ0n) is 7.27. The second-order valence-corrected chi connectivity index (χ2v) is 2.98. The summed E-state index contributed by atoms with van der Waals surface area (Å²) in [5.74, 6) is 0. The van der Waals surface area contributed by atoms with Crippen molar-refractivity contribution in [3.05, 3.63) is 41.2 Å². The zero-order valence-corrected chi connectivity index (χ0v) is 7.27. The van der Waals surface area contributed by atoms with Gasteiger partial charge in [0.05, 0.1) is 18.0 Å². The maximum atomic E-state index is 8.90. The molecule has 1 aromatic heterocycles. The first-order valence-electron chi connectivity index (χ1n) is 4.34. The number of aromatic nitrogens is 1. The lowest BCUT2D eigenvalue weighted by Crippen LogP contribution is -1.93. The summed E-state index contributed by atoms with van der Waals surface area (Å²) in [5.41, 5.74) is 2.78. The zero-order chi connectivity index (χ0) is 9.10. The number of pyridine rings is 1. The average Bonchev–Trinajstić information content (AvgIpc) is 2.41. The van der Waals surface area contributed by atoms with Gasteiger partial charge in [0.1, 0.15) is 0 Å². The van der Waals surface area contributed by atoms with Gasteiger partial charge in [-0.1, -0.05) is 24.3 Å². The Balaban J connectivity index is 2.50. The molecule has 66 valence electrons. The monoisotopic (exact) mass is 173 g/mol. The van der Waals surface area contributed by atoms with Gasteiger partial charge in [0.15, 0.2) is 0 Å². The van der Waals surface area contributed by atoms with Crippen LogP contribution in [0.5, 0.6) is 0 Å². The number of nitrogens with zero attached hydrogens (tertiary/aromatic N) is 1. The molecule has 0 saturated heterocycles. The third-order valence-electron chi connectivity index (χ3n) is 2.02. The molecule has 0 aliphatic heterocycles. The molecule has 1 N–H and O–H groups in total. The smallest absolute Gasteiger partial charge is 0.0853 e. The Bertz CT molecular complexity index is 366. The fourth-order valence-corrected chi connectivity index (χ4v) is 1.34. The van der Waals surface area contributed by atoms with E-state index in [4.69, 9.17) is 5.11 Å². The molecule has 1 aliphatic rings. The topological polar surface area (TPSA) is 33.1 Å². The number of fused-ring (bicyclic) bond motifs is 1. The molecular formula is C11H11NO. The molecule has 0 saturated carbocycles. The first-order valence-corrected chi connectivity index (χ1v) is 4.34. The molecule has 0 atom stereocenters. The molecule has 1 aliphatic carbocycles. The summed E-state index contributed by atoms with van der Waals surface area (Å²) < 4.78 is 0. The van der Waals surface area contributed by atoms with E-state index in [1.165, 1.54) is 0 Å². The second kappa shape index (κ2) is 3.54. The third kappa shape index (κ3) is 1.68. The Morgan fingerprint density at radius 3 is 2.92 bits per heavy atom. The van der Waals surface area contributed by atoms with Crippen LogP contribution in [0.4, 0.5) is 0 Å². The van der Waals surface area contributed by atoms with Gasteiger partial charge >= 0.3 is 0 Å². The molecule has 1 heterocycles. The van der Waals surface area contributed by atoms with Crippen LogP contribution >= 0.6 is 0 Å². The third-order valence-corrected chi connectivity index (χ3v) is 2.02. The van der Waals surface area contributed by atoms with Crippen LogP contribution in [0.2, 0.25) is 0 Å². The predicted molar refractivity (Wildman–Crippen MR) is 52.8 cm³/mol. The highest BCUT2D eigenvalue weighted by Gasteiger charge is 2.01. The minimum Gasteiger partial charge on any atom is -0.390 e. The molecule has 0 amide bonds. The van der Waals surface area contributed by atoms with Gasteiger partial charge in [-0.15, -0.1) is 0 Å². The predicted octanol–water partition coefficient (Wildman–Crippen LogP) is 2.00. The summed E-state index contributed by atoms with van der Waals surface area (Å²) in [4.78, 5) is 4.30. The molecule has 2 nitrogen and oxygen atoms in total. The quantitative estimate of drug-likeness (QED) is 0.704. The van der Waals surface area contributed by atoms with E-state index in [9.17, 15) is 0 Å². The Morgan fingerprint density at radius 2 is 2.08 bits per heavy atom. The highest BCUT2D eigenvalue weighted by molar-refractivity contribution is 5.64. The number of aliphatic hydroxyl groups excluding tert-OH is 1. The molecule has 0 bridgehead atoms. The molecule has 0 fully saturated rings. The van der Waals surface area contributed by atoms with Crippen LogP contribution in [0.25, 0.3) is 12.2 Å². The lowest BCUT2D eigenvalue weighted by molar-refractivity contribution is 0.277. The van der Waals surface area contributed by atoms with E-state index >= 15 is 0 Å². The Hall–Kier alpha value is -1.41. The largest absolute Gasteiger partial charge is 0.390 e. The van der Waals surface area contributed by atoms with E-state index in [2.05, 4.69) is 23.2 Å². The van der Waals surface area contributed by atoms with Crippen molar-refractivity contribution in [3.63, 3.8) is 0 Å². The summed E-state index contributed by atoms with van der Waals surface area (Å²) in [6, 6.07) is 3.84. The van der Waals surface area contributed by atoms with Crippen LogP contribution in [0.3, 0.4) is 0 Å². The summed E-state index contributed by atoms with van der Waals surface area (Å²) in [6.07, 6.45) is 9.17. The van der Waals surface area contributed by atoms with Gasteiger partial charge in [0, 0.05) is 0 Å². The van der Waals surface area contributed by atoms with Gasteiger partial charge in [-0.2, -0.15) is 0 Å². The van der Waals surface area contributed by atoms with Crippen molar-refractivity contribution in [1.29, 1.82) is 0 Å². The van der Waals surface area contributed by atoms with Crippen molar-refractivity contribution in [2.24, 2.45) is 0 Å².